The molecule has 0 aromatic heterocycles. The Morgan fingerprint density at radius 3 is 1.66 bits per heavy atom. The molecular formula is C38H63BN10O15. The molecule has 5 amide bonds. The van der Waals surface area contributed by atoms with Crippen LogP contribution in [0.1, 0.15) is 33.6 Å². The molecule has 3 rings (SSSR count). The number of likely N-dealkylation sites (tertiary alicyclic amines) is 1. The Morgan fingerprint density at radius 1 is 0.672 bits per heavy atom. The van der Waals surface area contributed by atoms with Crippen LogP contribution in [0.4, 0.5) is 0 Å². The van der Waals surface area contributed by atoms with Gasteiger partial charge in [0.15, 0.2) is 5.78 Å². The fraction of sp³-hybridized carbons (Fsp3) is 0.737. The lowest BCUT2D eigenvalue weighted by Gasteiger charge is -2.32. The van der Waals surface area contributed by atoms with E-state index in [0.29, 0.717) is 12.8 Å². The van der Waals surface area contributed by atoms with E-state index < -0.39 is 97.6 Å². The summed E-state index contributed by atoms with van der Waals surface area (Å²) in [6.07, 6.45) is 0.986. The van der Waals surface area contributed by atoms with Gasteiger partial charge in [-0.2, -0.15) is 0 Å². The van der Waals surface area contributed by atoms with Crippen LogP contribution >= 0.6 is 0 Å². The largest absolute Gasteiger partial charge is 0.551 e. The van der Waals surface area contributed by atoms with Crippen molar-refractivity contribution in [1.82, 2.24) is 50.7 Å². The van der Waals surface area contributed by atoms with Gasteiger partial charge in [0.2, 0.25) is 29.5 Å². The molecule has 3 aliphatic rings. The second kappa shape index (κ2) is 26.5. The summed E-state index contributed by atoms with van der Waals surface area (Å²) in [7, 11) is 0.413. The average molecular weight is 911 g/mol. The van der Waals surface area contributed by atoms with Crippen LogP contribution in [0.3, 0.4) is 0 Å². The number of carbonyl (C=O) groups is 10. The first-order valence-electron chi connectivity index (χ1n) is 21.2. The number of hydrogen-bond acceptors (Lipinski definition) is 17. The molecule has 0 aliphatic carbocycles. The first-order chi connectivity index (χ1) is 30.2. The SMILES string of the molecule is CC(C)[C@H](NC(=O)CNC(=O)CNC(=O)CN1CCN(CC(=O)O)CCN(CC(=O)O)CCN(CC(=O)O)CC1)C(=O)N[C@H](C)C(=O)N1CCCC1B1OCC(=O)CN(C)CC(=O)O1. The lowest BCUT2D eigenvalue weighted by Crippen LogP contribution is -2.58. The Bertz CT molecular complexity index is 1660. The summed E-state index contributed by atoms with van der Waals surface area (Å²) in [5, 5.41) is 38.3. The summed E-state index contributed by atoms with van der Waals surface area (Å²) in [5.74, 6) is -8.48. The van der Waals surface area contributed by atoms with E-state index in [4.69, 9.17) is 9.31 Å². The molecule has 0 aromatic carbocycles. The highest BCUT2D eigenvalue weighted by Gasteiger charge is 2.45. The minimum Gasteiger partial charge on any atom is -0.507 e. The molecule has 25 nitrogen and oxygen atoms in total. The van der Waals surface area contributed by atoms with E-state index in [2.05, 4.69) is 21.3 Å². The van der Waals surface area contributed by atoms with Crippen LogP contribution in [-0.2, 0) is 57.3 Å². The monoisotopic (exact) mass is 910 g/mol. The highest BCUT2D eigenvalue weighted by atomic mass is 16.6. The third kappa shape index (κ3) is 19.2. The van der Waals surface area contributed by atoms with Crippen LogP contribution in [0.15, 0.2) is 0 Å². The van der Waals surface area contributed by atoms with Gasteiger partial charge >= 0.3 is 31.0 Å². The molecule has 26 heteroatoms. The molecule has 0 aromatic rings. The highest BCUT2D eigenvalue weighted by molar-refractivity contribution is 6.49. The molecule has 3 fully saturated rings. The van der Waals surface area contributed by atoms with E-state index in [0.717, 1.165) is 0 Å². The van der Waals surface area contributed by atoms with Crippen molar-refractivity contribution in [1.29, 1.82) is 0 Å². The first kappa shape index (κ1) is 53.1. The smallest absolute Gasteiger partial charge is 0.507 e. The predicted molar refractivity (Wildman–Crippen MR) is 224 cm³/mol. The Balaban J connectivity index is 1.51. The zero-order chi connectivity index (χ0) is 47.5. The van der Waals surface area contributed by atoms with Crippen LogP contribution in [0, 0.1) is 5.92 Å². The van der Waals surface area contributed by atoms with Gasteiger partial charge in [-0.3, -0.25) is 72.4 Å². The Labute approximate surface area is 371 Å². The molecule has 358 valence electrons. The number of amides is 5. The Hall–Kier alpha value is -5.28. The summed E-state index contributed by atoms with van der Waals surface area (Å²) in [6.45, 7) is 3.97. The normalized spacial score (nSPS) is 20.6. The fourth-order valence-electron chi connectivity index (χ4n) is 7.37. The number of nitrogens with one attached hydrogen (secondary N) is 4. The molecule has 3 aliphatic heterocycles. The number of rotatable bonds is 18. The summed E-state index contributed by atoms with van der Waals surface area (Å²) in [4.78, 5) is 134. The average Bonchev–Trinajstić information content (AvgIpc) is 3.71. The molecule has 3 heterocycles. The van der Waals surface area contributed by atoms with Crippen LogP contribution in [0.5, 0.6) is 0 Å². The summed E-state index contributed by atoms with van der Waals surface area (Å²) in [5.41, 5.74) is 0. The molecule has 0 spiro atoms. The maximum atomic E-state index is 13.6. The van der Waals surface area contributed by atoms with Crippen molar-refractivity contribution in [2.45, 2.75) is 51.6 Å². The topological polar surface area (TPSA) is 317 Å². The molecule has 3 atom stereocenters. The quantitative estimate of drug-likeness (QED) is 0.0631. The molecule has 1 unspecified atom stereocenters. The van der Waals surface area contributed by atoms with Crippen LogP contribution < -0.4 is 21.3 Å². The number of aliphatic carboxylic acids is 3. The van der Waals surface area contributed by atoms with Gasteiger partial charge < -0.3 is 50.8 Å². The van der Waals surface area contributed by atoms with Crippen LogP contribution in [0.2, 0.25) is 0 Å². The number of hydrogen-bond donors (Lipinski definition) is 7. The van der Waals surface area contributed by atoms with E-state index in [1.807, 2.05) is 0 Å². The Morgan fingerprint density at radius 2 is 1.16 bits per heavy atom. The van der Waals surface area contributed by atoms with Crippen molar-refractivity contribution in [3.05, 3.63) is 0 Å². The standard InChI is InChI=1S/C38H63BN10O15/c1-25(2)36(37(61)42-26(3)38(62)49-7-5-6-28(49)39-63-24-27(50)18-44(4)23-35(60)64-39)43-30(52)17-40-29(51)16-41-31(53)19-45-8-10-46(20-32(54)55)12-14-48(22-34(58)59)15-13-47(11-9-45)21-33(56)57/h25-26,28,36H,5-24H2,1-4H3,(H,40,51)(H,41,53)(H,42,61)(H,43,52)(H,54,55)(H,56,57)(H,58,59)/t26-,28?,36+/m1/s1. The predicted octanol–water partition coefficient (Wildman–Crippen LogP) is -5.57. The van der Waals surface area contributed by atoms with Crippen molar-refractivity contribution in [3.8, 4) is 0 Å². The lowest BCUT2D eigenvalue weighted by molar-refractivity contribution is -0.140. The number of nitrogens with zero attached hydrogens (tertiary/aromatic N) is 6. The van der Waals surface area contributed by atoms with Crippen molar-refractivity contribution in [2.75, 3.05) is 125 Å². The van der Waals surface area contributed by atoms with Crippen LogP contribution in [0.25, 0.3) is 0 Å². The van der Waals surface area contributed by atoms with Gasteiger partial charge in [-0.15, -0.1) is 0 Å². The minimum atomic E-state index is -1.18. The molecule has 64 heavy (non-hydrogen) atoms. The van der Waals surface area contributed by atoms with Gasteiger partial charge in [-0.1, -0.05) is 13.8 Å². The number of ketones is 1. The third-order valence-electron chi connectivity index (χ3n) is 10.7. The number of carbonyl (C=O) groups excluding carboxylic acids is 7. The molecule has 0 bridgehead atoms. The van der Waals surface area contributed by atoms with Crippen molar-refractivity contribution < 1.29 is 72.6 Å². The van der Waals surface area contributed by atoms with Gasteiger partial charge in [-0.25, -0.2) is 0 Å². The number of carboxylic acids is 3. The van der Waals surface area contributed by atoms with E-state index in [-0.39, 0.29) is 111 Å². The lowest BCUT2D eigenvalue weighted by atomic mass is 9.76. The number of likely N-dealkylation sites (N-methyl/N-ethyl adjacent to an activating group) is 1. The van der Waals surface area contributed by atoms with Gasteiger partial charge in [0.05, 0.1) is 64.9 Å². The van der Waals surface area contributed by atoms with E-state index in [9.17, 15) is 63.3 Å². The number of Topliss-reactive ketones (excluding diaryl/α,β-unsaturated/α-hetero) is 1. The molecule has 7 N–H and O–H groups in total. The molecule has 0 saturated carbocycles. The summed E-state index contributed by atoms with van der Waals surface area (Å²) >= 11 is 0. The second-order valence-corrected chi connectivity index (χ2v) is 16.5. The van der Waals surface area contributed by atoms with Crippen molar-refractivity contribution in [3.63, 3.8) is 0 Å². The molecule has 0 radical (unpaired) electrons. The summed E-state index contributed by atoms with van der Waals surface area (Å²) < 4.78 is 11.1. The minimum absolute atomic E-state index is 0.00179. The van der Waals surface area contributed by atoms with Gasteiger partial charge in [0.1, 0.15) is 12.1 Å². The van der Waals surface area contributed by atoms with Gasteiger partial charge in [0.25, 0.3) is 0 Å². The zero-order valence-electron chi connectivity index (χ0n) is 37.0. The van der Waals surface area contributed by atoms with E-state index in [1.54, 1.807) is 40.5 Å². The maximum absolute atomic E-state index is 13.6. The third-order valence-corrected chi connectivity index (χ3v) is 10.7. The molecule has 3 saturated heterocycles. The number of carboxylic acid groups (broad SMARTS) is 3. The first-order valence-corrected chi connectivity index (χ1v) is 21.2. The maximum Gasteiger partial charge on any atom is 0.551 e. The van der Waals surface area contributed by atoms with Crippen molar-refractivity contribution >= 4 is 66.3 Å². The molecular weight excluding hydrogens is 847 g/mol. The fourth-order valence-corrected chi connectivity index (χ4v) is 7.37. The van der Waals surface area contributed by atoms with E-state index >= 15 is 0 Å². The zero-order valence-corrected chi connectivity index (χ0v) is 37.0. The van der Waals surface area contributed by atoms with Crippen LogP contribution in [-0.4, -0.2) is 254 Å². The highest BCUT2D eigenvalue weighted by Crippen LogP contribution is 2.23. The van der Waals surface area contributed by atoms with E-state index in [1.165, 1.54) is 16.7 Å². The van der Waals surface area contributed by atoms with Gasteiger partial charge in [0, 0.05) is 58.9 Å². The van der Waals surface area contributed by atoms with Gasteiger partial charge in [-0.05, 0) is 32.7 Å². The Kier molecular flexibility index (Phi) is 22.0. The second-order valence-electron chi connectivity index (χ2n) is 16.5. The van der Waals surface area contributed by atoms with Crippen molar-refractivity contribution in [2.24, 2.45) is 5.92 Å². The summed E-state index contributed by atoms with van der Waals surface area (Å²) in [6, 6.07) is -2.18.